The van der Waals surface area contributed by atoms with E-state index in [4.69, 9.17) is 0 Å². The summed E-state index contributed by atoms with van der Waals surface area (Å²) < 4.78 is 2.88. The highest BCUT2D eigenvalue weighted by atomic mass is 127. The molecule has 1 fully saturated rings. The molecule has 0 atom stereocenters. The third-order valence-corrected chi connectivity index (χ3v) is 3.37. The number of carbonyl (C=O) groups is 2. The summed E-state index contributed by atoms with van der Waals surface area (Å²) in [6.45, 7) is 4.54. The molecule has 0 aromatic carbocycles. The third kappa shape index (κ3) is 2.65. The summed E-state index contributed by atoms with van der Waals surface area (Å²) in [5, 5.41) is 6.81. The van der Waals surface area contributed by atoms with Crippen LogP contribution in [0.25, 0.3) is 0 Å². The summed E-state index contributed by atoms with van der Waals surface area (Å²) in [7, 11) is 0. The molecule has 98 valence electrons. The fourth-order valence-corrected chi connectivity index (χ4v) is 2.32. The van der Waals surface area contributed by atoms with Crippen LogP contribution in [-0.2, 0) is 11.3 Å². The predicted molar refractivity (Wildman–Crippen MR) is 73.9 cm³/mol. The first-order valence-electron chi connectivity index (χ1n) is 5.72. The van der Waals surface area contributed by atoms with Crippen molar-refractivity contribution >= 4 is 34.5 Å². The molecule has 0 saturated carbocycles. The first-order chi connectivity index (χ1) is 8.40. The van der Waals surface area contributed by atoms with Gasteiger partial charge in [-0.15, -0.1) is 0 Å². The summed E-state index contributed by atoms with van der Waals surface area (Å²) in [6, 6.07) is -0.306. The summed E-state index contributed by atoms with van der Waals surface area (Å²) >= 11 is 2.19. The van der Waals surface area contributed by atoms with Crippen molar-refractivity contribution in [1.82, 2.24) is 20.0 Å². The number of carbonyl (C=O) groups excluding carboxylic acids is 2. The van der Waals surface area contributed by atoms with E-state index in [0.29, 0.717) is 19.5 Å². The Bertz CT molecular complexity index is 483. The van der Waals surface area contributed by atoms with Gasteiger partial charge in [-0.05, 0) is 42.9 Å². The molecular weight excluding hydrogens is 347 g/mol. The number of hydrogen-bond donors (Lipinski definition) is 1. The number of aryl methyl sites for hydroxylation is 1. The van der Waals surface area contributed by atoms with Crippen molar-refractivity contribution < 1.29 is 9.59 Å². The van der Waals surface area contributed by atoms with Crippen molar-refractivity contribution in [2.24, 2.45) is 0 Å². The monoisotopic (exact) mass is 362 g/mol. The van der Waals surface area contributed by atoms with Gasteiger partial charge in [-0.3, -0.25) is 14.4 Å². The number of imide groups is 1. The average Bonchev–Trinajstić information content (AvgIpc) is 2.75. The molecule has 2 rings (SSSR count). The van der Waals surface area contributed by atoms with E-state index in [2.05, 4.69) is 33.0 Å². The molecule has 0 spiro atoms. The van der Waals surface area contributed by atoms with Gasteiger partial charge in [-0.25, -0.2) is 4.79 Å². The van der Waals surface area contributed by atoms with Gasteiger partial charge in [0.05, 0.1) is 9.77 Å². The van der Waals surface area contributed by atoms with Crippen molar-refractivity contribution in [3.63, 3.8) is 0 Å². The minimum Gasteiger partial charge on any atom is -0.324 e. The normalized spacial score (nSPS) is 18.3. The van der Waals surface area contributed by atoms with E-state index in [1.807, 2.05) is 10.9 Å². The fraction of sp³-hybridized carbons (Fsp3) is 0.545. The standard InChI is InChI=1S/C11H15IN4O2/c1-11(2)9(17)16(10(18)14-11)5-3-4-15-7-8(12)6-13-15/h6-7H,3-5H2,1-2H3,(H,14,18). The van der Waals surface area contributed by atoms with E-state index in [-0.39, 0.29) is 11.9 Å². The topological polar surface area (TPSA) is 67.2 Å². The summed E-state index contributed by atoms with van der Waals surface area (Å²) in [5.41, 5.74) is -0.780. The van der Waals surface area contributed by atoms with Gasteiger partial charge < -0.3 is 5.32 Å². The zero-order valence-electron chi connectivity index (χ0n) is 10.3. The fourth-order valence-electron chi connectivity index (χ4n) is 1.87. The van der Waals surface area contributed by atoms with Gasteiger partial charge in [0.1, 0.15) is 5.54 Å². The lowest BCUT2D eigenvalue weighted by molar-refractivity contribution is -0.130. The largest absolute Gasteiger partial charge is 0.325 e. The molecule has 0 bridgehead atoms. The first kappa shape index (κ1) is 13.3. The van der Waals surface area contributed by atoms with Gasteiger partial charge in [0.15, 0.2) is 0 Å². The molecule has 1 aromatic rings. The highest BCUT2D eigenvalue weighted by Crippen LogP contribution is 2.16. The lowest BCUT2D eigenvalue weighted by Crippen LogP contribution is -2.40. The maximum atomic E-state index is 11.9. The van der Waals surface area contributed by atoms with Gasteiger partial charge in [-0.1, -0.05) is 0 Å². The maximum Gasteiger partial charge on any atom is 0.325 e. The second kappa shape index (κ2) is 4.87. The number of nitrogens with zero attached hydrogens (tertiary/aromatic N) is 3. The van der Waals surface area contributed by atoms with Crippen LogP contribution in [0.5, 0.6) is 0 Å². The Balaban J connectivity index is 1.87. The zero-order valence-corrected chi connectivity index (χ0v) is 12.5. The van der Waals surface area contributed by atoms with Crippen molar-refractivity contribution in [3.05, 3.63) is 16.0 Å². The van der Waals surface area contributed by atoms with Gasteiger partial charge in [0.25, 0.3) is 5.91 Å². The van der Waals surface area contributed by atoms with Gasteiger partial charge in [-0.2, -0.15) is 5.10 Å². The maximum absolute atomic E-state index is 11.9. The first-order valence-corrected chi connectivity index (χ1v) is 6.80. The number of nitrogens with one attached hydrogen (secondary N) is 1. The predicted octanol–water partition coefficient (Wildman–Crippen LogP) is 1.21. The van der Waals surface area contributed by atoms with Crippen LogP contribution in [0.3, 0.4) is 0 Å². The van der Waals surface area contributed by atoms with Crippen LogP contribution in [-0.4, -0.2) is 38.7 Å². The summed E-state index contributed by atoms with van der Waals surface area (Å²) in [4.78, 5) is 24.8. The molecule has 2 heterocycles. The Labute approximate surface area is 119 Å². The van der Waals surface area contributed by atoms with Gasteiger partial charge in [0.2, 0.25) is 0 Å². The minimum absolute atomic E-state index is 0.164. The molecule has 1 N–H and O–H groups in total. The highest BCUT2D eigenvalue weighted by Gasteiger charge is 2.43. The van der Waals surface area contributed by atoms with Crippen molar-refractivity contribution in [3.8, 4) is 0 Å². The van der Waals surface area contributed by atoms with Crippen LogP contribution >= 0.6 is 22.6 Å². The lowest BCUT2D eigenvalue weighted by atomic mass is 10.1. The molecule has 1 saturated heterocycles. The molecule has 1 aliphatic rings. The molecule has 7 heteroatoms. The van der Waals surface area contributed by atoms with Crippen LogP contribution in [0.1, 0.15) is 20.3 Å². The number of urea groups is 1. The molecule has 0 radical (unpaired) electrons. The molecule has 6 nitrogen and oxygen atoms in total. The Morgan fingerprint density at radius 2 is 2.11 bits per heavy atom. The SMILES string of the molecule is CC1(C)NC(=O)N(CCCn2cc(I)cn2)C1=O. The van der Waals surface area contributed by atoms with Crippen LogP contribution in [0.4, 0.5) is 4.79 Å². The Morgan fingerprint density at radius 3 is 2.61 bits per heavy atom. The van der Waals surface area contributed by atoms with Crippen LogP contribution in [0.15, 0.2) is 12.4 Å². The van der Waals surface area contributed by atoms with Gasteiger partial charge in [0, 0.05) is 19.3 Å². The zero-order chi connectivity index (χ0) is 13.3. The minimum atomic E-state index is -0.780. The quantitative estimate of drug-likeness (QED) is 0.647. The van der Waals surface area contributed by atoms with E-state index in [9.17, 15) is 9.59 Å². The highest BCUT2D eigenvalue weighted by molar-refractivity contribution is 14.1. The summed E-state index contributed by atoms with van der Waals surface area (Å²) in [6.07, 6.45) is 4.40. The molecular formula is C11H15IN4O2. The van der Waals surface area contributed by atoms with E-state index >= 15 is 0 Å². The number of amides is 3. The number of rotatable bonds is 4. The average molecular weight is 362 g/mol. The Hall–Kier alpha value is -1.12. The molecule has 1 aliphatic heterocycles. The van der Waals surface area contributed by atoms with E-state index in [1.54, 1.807) is 20.0 Å². The van der Waals surface area contributed by atoms with Crippen molar-refractivity contribution in [2.75, 3.05) is 6.54 Å². The second-order valence-electron chi connectivity index (χ2n) is 4.79. The second-order valence-corrected chi connectivity index (χ2v) is 6.03. The molecule has 18 heavy (non-hydrogen) atoms. The number of halogens is 1. The van der Waals surface area contributed by atoms with Crippen molar-refractivity contribution in [2.45, 2.75) is 32.4 Å². The summed E-state index contributed by atoms with van der Waals surface area (Å²) in [5.74, 6) is -0.164. The molecule has 0 aliphatic carbocycles. The van der Waals surface area contributed by atoms with Crippen molar-refractivity contribution in [1.29, 1.82) is 0 Å². The van der Waals surface area contributed by atoms with E-state index in [1.165, 1.54) is 4.90 Å². The number of hydrogen-bond acceptors (Lipinski definition) is 3. The third-order valence-electron chi connectivity index (χ3n) is 2.82. The van der Waals surface area contributed by atoms with Gasteiger partial charge >= 0.3 is 6.03 Å². The molecule has 0 unspecified atom stereocenters. The van der Waals surface area contributed by atoms with Crippen LogP contribution in [0, 0.1) is 3.57 Å². The molecule has 3 amide bonds. The Morgan fingerprint density at radius 1 is 1.39 bits per heavy atom. The van der Waals surface area contributed by atoms with Crippen LogP contribution in [0.2, 0.25) is 0 Å². The smallest absolute Gasteiger partial charge is 0.324 e. The number of aromatic nitrogens is 2. The van der Waals surface area contributed by atoms with Crippen LogP contribution < -0.4 is 5.32 Å². The van der Waals surface area contributed by atoms with E-state index < -0.39 is 5.54 Å². The van der Waals surface area contributed by atoms with E-state index in [0.717, 1.165) is 3.57 Å². The molecule has 1 aromatic heterocycles. The Kier molecular flexibility index (Phi) is 3.60. The lowest BCUT2D eigenvalue weighted by Gasteiger charge is -2.15.